The molecule has 0 aromatic heterocycles. The summed E-state index contributed by atoms with van der Waals surface area (Å²) in [5.74, 6) is 0. The second-order valence-electron chi connectivity index (χ2n) is 6.50. The van der Waals surface area contributed by atoms with E-state index in [1.165, 1.54) is 12.0 Å². The van der Waals surface area contributed by atoms with Gasteiger partial charge in [0.2, 0.25) is 6.41 Å². The molecule has 26 heavy (non-hydrogen) atoms. The van der Waals surface area contributed by atoms with E-state index in [-0.39, 0.29) is 6.10 Å². The van der Waals surface area contributed by atoms with Gasteiger partial charge in [-0.2, -0.15) is 0 Å². The Morgan fingerprint density at radius 3 is 2.50 bits per heavy atom. The highest BCUT2D eigenvalue weighted by Crippen LogP contribution is 2.32. The second kappa shape index (κ2) is 11.4. The van der Waals surface area contributed by atoms with Gasteiger partial charge in [0, 0.05) is 30.4 Å². The molecule has 1 fully saturated rings. The van der Waals surface area contributed by atoms with Crippen LogP contribution < -0.4 is 10.6 Å². The van der Waals surface area contributed by atoms with Crippen molar-refractivity contribution in [1.29, 1.82) is 0 Å². The number of nitrogens with one attached hydrogen (secondary N) is 2. The smallest absolute Gasteiger partial charge is 0.211 e. The Hall–Kier alpha value is -2.17. The predicted molar refractivity (Wildman–Crippen MR) is 107 cm³/mol. The lowest BCUT2D eigenvalue weighted by Gasteiger charge is -2.31. The van der Waals surface area contributed by atoms with E-state index in [1.807, 2.05) is 30.3 Å². The molecule has 0 spiro atoms. The van der Waals surface area contributed by atoms with Crippen LogP contribution in [0.25, 0.3) is 0 Å². The Morgan fingerprint density at radius 2 is 1.77 bits per heavy atom. The molecule has 2 unspecified atom stereocenters. The van der Waals surface area contributed by atoms with Crippen LogP contribution >= 0.6 is 0 Å². The first-order valence-electron chi connectivity index (χ1n) is 9.46. The average molecular weight is 354 g/mol. The third kappa shape index (κ3) is 6.28. The number of hydrogen-bond acceptors (Lipinski definition) is 3. The number of hydrogen-bond donors (Lipinski definition) is 2. The SMILES string of the molecule is CCC.O=CNc1ccccc1C1CC(NCc2ccccc2)CCO1. The summed E-state index contributed by atoms with van der Waals surface area (Å²) in [5, 5.41) is 6.38. The Morgan fingerprint density at radius 1 is 1.08 bits per heavy atom. The van der Waals surface area contributed by atoms with Crippen LogP contribution in [0.2, 0.25) is 0 Å². The highest BCUT2D eigenvalue weighted by molar-refractivity contribution is 5.73. The number of benzene rings is 2. The first kappa shape index (κ1) is 20.1. The van der Waals surface area contributed by atoms with Gasteiger partial charge in [0.25, 0.3) is 0 Å². The molecular weight excluding hydrogens is 324 g/mol. The number of carbonyl (C=O) groups excluding carboxylic acids is 1. The van der Waals surface area contributed by atoms with Crippen LogP contribution in [-0.4, -0.2) is 19.1 Å². The zero-order chi connectivity index (χ0) is 18.6. The molecule has 0 bridgehead atoms. The van der Waals surface area contributed by atoms with Crippen LogP contribution in [0.5, 0.6) is 0 Å². The summed E-state index contributed by atoms with van der Waals surface area (Å²) >= 11 is 0. The van der Waals surface area contributed by atoms with Gasteiger partial charge in [-0.25, -0.2) is 0 Å². The van der Waals surface area contributed by atoms with E-state index < -0.39 is 0 Å². The largest absolute Gasteiger partial charge is 0.373 e. The van der Waals surface area contributed by atoms with Gasteiger partial charge in [0.1, 0.15) is 0 Å². The van der Waals surface area contributed by atoms with E-state index in [1.54, 1.807) is 0 Å². The van der Waals surface area contributed by atoms with Gasteiger partial charge >= 0.3 is 0 Å². The minimum atomic E-state index is 0.0145. The maximum atomic E-state index is 10.8. The molecular formula is C22H30N2O2. The number of ether oxygens (including phenoxy) is 1. The van der Waals surface area contributed by atoms with Crippen molar-refractivity contribution in [3.63, 3.8) is 0 Å². The maximum Gasteiger partial charge on any atom is 0.211 e. The van der Waals surface area contributed by atoms with E-state index in [4.69, 9.17) is 4.74 Å². The third-order valence-electron chi connectivity index (χ3n) is 4.24. The highest BCUT2D eigenvalue weighted by atomic mass is 16.5. The van der Waals surface area contributed by atoms with E-state index in [9.17, 15) is 4.79 Å². The molecule has 1 aliphatic rings. The average Bonchev–Trinajstić information content (AvgIpc) is 2.69. The van der Waals surface area contributed by atoms with Gasteiger partial charge in [0.05, 0.1) is 6.10 Å². The van der Waals surface area contributed by atoms with Gasteiger partial charge in [-0.05, 0) is 24.5 Å². The second-order valence-corrected chi connectivity index (χ2v) is 6.50. The van der Waals surface area contributed by atoms with Crippen LogP contribution in [0.1, 0.15) is 50.3 Å². The lowest BCUT2D eigenvalue weighted by molar-refractivity contribution is -0.105. The Labute approximate surface area is 157 Å². The molecule has 2 N–H and O–H groups in total. The van der Waals surface area contributed by atoms with Crippen molar-refractivity contribution in [1.82, 2.24) is 5.32 Å². The number of para-hydroxylation sites is 1. The van der Waals surface area contributed by atoms with E-state index >= 15 is 0 Å². The summed E-state index contributed by atoms with van der Waals surface area (Å²) in [6, 6.07) is 18.7. The lowest BCUT2D eigenvalue weighted by Crippen LogP contribution is -2.35. The fourth-order valence-electron chi connectivity index (χ4n) is 3.03. The standard InChI is InChI=1S/C19H22N2O2.C3H8/c22-14-21-18-9-5-4-8-17(18)19-12-16(10-11-23-19)20-13-15-6-2-1-3-7-15;1-3-2/h1-9,14,16,19-20H,10-13H2,(H,21,22);3H2,1-2H3. The third-order valence-corrected chi connectivity index (χ3v) is 4.24. The molecule has 3 rings (SSSR count). The predicted octanol–water partition coefficient (Wildman–Crippen LogP) is 4.68. The molecule has 4 heteroatoms. The first-order chi connectivity index (χ1) is 12.8. The lowest BCUT2D eigenvalue weighted by atomic mass is 9.96. The van der Waals surface area contributed by atoms with Crippen molar-refractivity contribution >= 4 is 12.1 Å². The molecule has 140 valence electrons. The summed E-state index contributed by atoms with van der Waals surface area (Å²) in [6.45, 7) is 5.85. The molecule has 2 atom stereocenters. The summed E-state index contributed by atoms with van der Waals surface area (Å²) in [6.07, 6.45) is 3.89. The first-order valence-corrected chi connectivity index (χ1v) is 9.46. The highest BCUT2D eigenvalue weighted by Gasteiger charge is 2.25. The quantitative estimate of drug-likeness (QED) is 0.741. The van der Waals surface area contributed by atoms with Crippen LogP contribution in [-0.2, 0) is 16.1 Å². The normalized spacial score (nSPS) is 19.2. The van der Waals surface area contributed by atoms with Crippen molar-refractivity contribution in [2.45, 2.75) is 51.8 Å². The van der Waals surface area contributed by atoms with Crippen LogP contribution in [0.15, 0.2) is 54.6 Å². The summed E-state index contributed by atoms with van der Waals surface area (Å²) < 4.78 is 5.94. The summed E-state index contributed by atoms with van der Waals surface area (Å²) in [5.41, 5.74) is 3.17. The van der Waals surface area contributed by atoms with Crippen molar-refractivity contribution in [3.05, 3.63) is 65.7 Å². The summed E-state index contributed by atoms with van der Waals surface area (Å²) in [4.78, 5) is 10.8. The van der Waals surface area contributed by atoms with E-state index in [0.717, 1.165) is 37.2 Å². The summed E-state index contributed by atoms with van der Waals surface area (Å²) in [7, 11) is 0. The number of anilines is 1. The van der Waals surface area contributed by atoms with Gasteiger partial charge in [-0.3, -0.25) is 4.79 Å². The molecule has 1 heterocycles. The Bertz CT molecular complexity index is 646. The molecule has 2 aromatic carbocycles. The van der Waals surface area contributed by atoms with Crippen molar-refractivity contribution < 1.29 is 9.53 Å². The van der Waals surface area contributed by atoms with Crippen LogP contribution in [0, 0.1) is 0 Å². The van der Waals surface area contributed by atoms with Crippen LogP contribution in [0.3, 0.4) is 0 Å². The van der Waals surface area contributed by atoms with Crippen molar-refractivity contribution in [2.75, 3.05) is 11.9 Å². The molecule has 1 saturated heterocycles. The molecule has 1 amide bonds. The zero-order valence-corrected chi connectivity index (χ0v) is 15.8. The molecule has 4 nitrogen and oxygen atoms in total. The fraction of sp³-hybridized carbons (Fsp3) is 0.409. The Balaban J connectivity index is 0.000000758. The zero-order valence-electron chi connectivity index (χ0n) is 15.8. The van der Waals surface area contributed by atoms with Gasteiger partial charge in [0.15, 0.2) is 0 Å². The van der Waals surface area contributed by atoms with Crippen LogP contribution in [0.4, 0.5) is 5.69 Å². The molecule has 0 aliphatic carbocycles. The fourth-order valence-corrected chi connectivity index (χ4v) is 3.03. The monoisotopic (exact) mass is 354 g/mol. The van der Waals surface area contributed by atoms with Gasteiger partial charge < -0.3 is 15.4 Å². The number of carbonyl (C=O) groups is 1. The molecule has 0 saturated carbocycles. The molecule has 2 aromatic rings. The van der Waals surface area contributed by atoms with E-state index in [2.05, 4.69) is 48.7 Å². The molecule has 0 radical (unpaired) electrons. The molecule has 1 aliphatic heterocycles. The van der Waals surface area contributed by atoms with E-state index in [0.29, 0.717) is 12.5 Å². The van der Waals surface area contributed by atoms with Gasteiger partial charge in [-0.15, -0.1) is 0 Å². The number of rotatable bonds is 6. The van der Waals surface area contributed by atoms with Crippen molar-refractivity contribution in [2.24, 2.45) is 0 Å². The topological polar surface area (TPSA) is 50.4 Å². The number of amides is 1. The minimum absolute atomic E-state index is 0.0145. The Kier molecular flexibility index (Phi) is 8.87. The van der Waals surface area contributed by atoms with Crippen molar-refractivity contribution in [3.8, 4) is 0 Å². The minimum Gasteiger partial charge on any atom is -0.373 e. The maximum absolute atomic E-state index is 10.8. The van der Waals surface area contributed by atoms with Gasteiger partial charge in [-0.1, -0.05) is 68.8 Å².